The SMILES string of the molecule is CNc1cc(N2CCC(O)(CC(=O)OC(C)(C)C)CC2)c(F)cc1N. The molecule has 0 spiro atoms. The number of hydrogen-bond acceptors (Lipinski definition) is 6. The highest BCUT2D eigenvalue weighted by Crippen LogP contribution is 2.34. The number of ether oxygens (including phenoxy) is 1. The molecule has 7 heteroatoms. The molecule has 140 valence electrons. The fourth-order valence-corrected chi connectivity index (χ4v) is 3.02. The highest BCUT2D eigenvalue weighted by Gasteiger charge is 2.36. The van der Waals surface area contributed by atoms with Gasteiger partial charge in [-0.15, -0.1) is 0 Å². The van der Waals surface area contributed by atoms with E-state index in [0.717, 1.165) is 0 Å². The van der Waals surface area contributed by atoms with E-state index >= 15 is 0 Å². The highest BCUT2D eigenvalue weighted by atomic mass is 19.1. The number of nitrogens with two attached hydrogens (primary N) is 1. The van der Waals surface area contributed by atoms with Crippen molar-refractivity contribution in [2.24, 2.45) is 0 Å². The molecule has 0 bridgehead atoms. The number of nitrogens with one attached hydrogen (secondary N) is 1. The number of hydrogen-bond donors (Lipinski definition) is 3. The molecule has 0 atom stereocenters. The van der Waals surface area contributed by atoms with E-state index in [2.05, 4.69) is 5.32 Å². The average Bonchev–Trinajstić information content (AvgIpc) is 2.46. The third-order valence-electron chi connectivity index (χ3n) is 4.32. The van der Waals surface area contributed by atoms with Gasteiger partial charge in [0.05, 0.1) is 29.1 Å². The van der Waals surface area contributed by atoms with Crippen LogP contribution < -0.4 is 16.0 Å². The van der Waals surface area contributed by atoms with Gasteiger partial charge in [0.1, 0.15) is 11.4 Å². The maximum atomic E-state index is 14.3. The topological polar surface area (TPSA) is 87.8 Å². The lowest BCUT2D eigenvalue weighted by Gasteiger charge is -2.39. The van der Waals surface area contributed by atoms with Gasteiger partial charge in [-0.1, -0.05) is 0 Å². The van der Waals surface area contributed by atoms with E-state index in [-0.39, 0.29) is 6.42 Å². The summed E-state index contributed by atoms with van der Waals surface area (Å²) in [6, 6.07) is 2.96. The van der Waals surface area contributed by atoms with Crippen molar-refractivity contribution in [3.63, 3.8) is 0 Å². The standard InChI is InChI=1S/C18H28FN3O3/c1-17(2,3)25-16(23)11-18(24)5-7-22(8-6-18)15-10-14(21-4)13(20)9-12(15)19/h9-10,21,24H,5-8,11,20H2,1-4H3. The summed E-state index contributed by atoms with van der Waals surface area (Å²) < 4.78 is 19.5. The van der Waals surface area contributed by atoms with E-state index in [1.165, 1.54) is 6.07 Å². The lowest BCUT2D eigenvalue weighted by Crippen LogP contribution is -2.46. The van der Waals surface area contributed by atoms with Crippen molar-refractivity contribution >= 4 is 23.0 Å². The van der Waals surface area contributed by atoms with Crippen molar-refractivity contribution in [1.29, 1.82) is 0 Å². The van der Waals surface area contributed by atoms with Crippen LogP contribution >= 0.6 is 0 Å². The minimum absolute atomic E-state index is 0.0515. The molecule has 1 aliphatic heterocycles. The number of rotatable bonds is 4. The van der Waals surface area contributed by atoms with Gasteiger partial charge in [-0.05, 0) is 39.7 Å². The Morgan fingerprint density at radius 1 is 1.40 bits per heavy atom. The molecule has 1 aromatic carbocycles. The van der Waals surface area contributed by atoms with E-state index in [1.54, 1.807) is 33.9 Å². The Morgan fingerprint density at radius 2 is 2.00 bits per heavy atom. The zero-order valence-electron chi connectivity index (χ0n) is 15.4. The van der Waals surface area contributed by atoms with E-state index in [4.69, 9.17) is 10.5 Å². The third kappa shape index (κ3) is 4.98. The number of carbonyl (C=O) groups is 1. The number of nitrogens with zero attached hydrogens (tertiary/aromatic N) is 1. The van der Waals surface area contributed by atoms with Gasteiger partial charge < -0.3 is 25.8 Å². The maximum Gasteiger partial charge on any atom is 0.309 e. The summed E-state index contributed by atoms with van der Waals surface area (Å²) in [5.74, 6) is -0.811. The molecule has 1 aliphatic rings. The second-order valence-electron chi connectivity index (χ2n) is 7.62. The highest BCUT2D eigenvalue weighted by molar-refractivity contribution is 5.73. The average molecular weight is 353 g/mol. The van der Waals surface area contributed by atoms with Crippen LogP contribution in [0, 0.1) is 5.82 Å². The van der Waals surface area contributed by atoms with Crippen molar-refractivity contribution in [2.75, 3.05) is 36.1 Å². The van der Waals surface area contributed by atoms with Gasteiger partial charge in [0.15, 0.2) is 0 Å². The summed E-state index contributed by atoms with van der Waals surface area (Å²) in [6.45, 7) is 6.27. The molecule has 1 heterocycles. The minimum Gasteiger partial charge on any atom is -0.460 e. The Hall–Kier alpha value is -2.02. The van der Waals surface area contributed by atoms with Gasteiger partial charge in [-0.25, -0.2) is 4.39 Å². The number of piperidine rings is 1. The van der Waals surface area contributed by atoms with Crippen LogP contribution in [0.2, 0.25) is 0 Å². The van der Waals surface area contributed by atoms with Crippen molar-refractivity contribution in [1.82, 2.24) is 0 Å². The van der Waals surface area contributed by atoms with Gasteiger partial charge in [-0.3, -0.25) is 4.79 Å². The number of aliphatic hydroxyl groups is 1. The van der Waals surface area contributed by atoms with Crippen LogP contribution in [0.4, 0.5) is 21.5 Å². The van der Waals surface area contributed by atoms with Crippen molar-refractivity contribution in [3.05, 3.63) is 17.9 Å². The predicted octanol–water partition coefficient (Wildman–Crippen LogP) is 2.51. The first-order valence-electron chi connectivity index (χ1n) is 8.49. The first-order valence-corrected chi connectivity index (χ1v) is 8.49. The molecule has 6 nitrogen and oxygen atoms in total. The number of benzene rings is 1. The van der Waals surface area contributed by atoms with Crippen LogP contribution in [0.15, 0.2) is 12.1 Å². The van der Waals surface area contributed by atoms with Crippen LogP contribution in [-0.2, 0) is 9.53 Å². The summed E-state index contributed by atoms with van der Waals surface area (Å²) in [7, 11) is 1.73. The second-order valence-corrected chi connectivity index (χ2v) is 7.62. The largest absolute Gasteiger partial charge is 0.460 e. The first-order chi connectivity index (χ1) is 11.5. The number of carbonyl (C=O) groups excluding carboxylic acids is 1. The van der Waals surface area contributed by atoms with Gasteiger partial charge in [0, 0.05) is 26.2 Å². The van der Waals surface area contributed by atoms with Gasteiger partial charge >= 0.3 is 5.97 Å². The Labute approximate surface area is 148 Å². The lowest BCUT2D eigenvalue weighted by atomic mass is 9.88. The molecule has 0 aromatic heterocycles. The quantitative estimate of drug-likeness (QED) is 0.569. The molecule has 0 unspecified atom stereocenters. The Balaban J connectivity index is 2.03. The third-order valence-corrected chi connectivity index (χ3v) is 4.32. The molecule has 1 fully saturated rings. The van der Waals surface area contributed by atoms with Crippen molar-refractivity contribution in [3.8, 4) is 0 Å². The molecule has 0 saturated carbocycles. The monoisotopic (exact) mass is 353 g/mol. The van der Waals surface area contributed by atoms with E-state index in [1.807, 2.05) is 4.90 Å². The fraction of sp³-hybridized carbons (Fsp3) is 0.611. The molecular formula is C18H28FN3O3. The van der Waals surface area contributed by atoms with Crippen LogP contribution in [-0.4, -0.2) is 42.4 Å². The van der Waals surface area contributed by atoms with Crippen molar-refractivity contribution < 1.29 is 19.0 Å². The Bertz CT molecular complexity index is 635. The van der Waals surface area contributed by atoms with Crippen LogP contribution in [0.3, 0.4) is 0 Å². The van der Waals surface area contributed by atoms with Gasteiger partial charge in [0.25, 0.3) is 0 Å². The van der Waals surface area contributed by atoms with E-state index in [9.17, 15) is 14.3 Å². The molecule has 1 saturated heterocycles. The summed E-state index contributed by atoms with van der Waals surface area (Å²) >= 11 is 0. The zero-order chi connectivity index (χ0) is 18.8. The molecule has 0 amide bonds. The van der Waals surface area contributed by atoms with Gasteiger partial charge in [-0.2, -0.15) is 0 Å². The molecule has 25 heavy (non-hydrogen) atoms. The normalized spacial score (nSPS) is 17.3. The lowest BCUT2D eigenvalue weighted by molar-refractivity contribution is -0.161. The molecule has 2 rings (SSSR count). The molecule has 0 aliphatic carbocycles. The van der Waals surface area contributed by atoms with Crippen LogP contribution in [0.25, 0.3) is 0 Å². The van der Waals surface area contributed by atoms with Crippen LogP contribution in [0.5, 0.6) is 0 Å². The zero-order valence-corrected chi connectivity index (χ0v) is 15.4. The smallest absolute Gasteiger partial charge is 0.309 e. The van der Waals surface area contributed by atoms with Crippen molar-refractivity contribution in [2.45, 2.75) is 51.2 Å². The number of nitrogen functional groups attached to an aromatic ring is 1. The predicted molar refractivity (Wildman–Crippen MR) is 97.2 cm³/mol. The summed E-state index contributed by atoms with van der Waals surface area (Å²) in [5.41, 5.74) is 5.52. The summed E-state index contributed by atoms with van der Waals surface area (Å²) in [6.07, 6.45) is 0.681. The summed E-state index contributed by atoms with van der Waals surface area (Å²) in [5, 5.41) is 13.6. The van der Waals surface area contributed by atoms with E-state index < -0.39 is 23.0 Å². The number of halogens is 1. The number of anilines is 3. The Kier molecular flexibility index (Phi) is 5.46. The summed E-state index contributed by atoms with van der Waals surface area (Å²) in [4.78, 5) is 13.8. The molecular weight excluding hydrogens is 325 g/mol. The molecule has 0 radical (unpaired) electrons. The first kappa shape index (κ1) is 19.3. The molecule has 4 N–H and O–H groups in total. The maximum absolute atomic E-state index is 14.3. The Morgan fingerprint density at radius 3 is 2.52 bits per heavy atom. The minimum atomic E-state index is -1.12. The number of esters is 1. The van der Waals surface area contributed by atoms with Crippen LogP contribution in [0.1, 0.15) is 40.0 Å². The fourth-order valence-electron chi connectivity index (χ4n) is 3.02. The van der Waals surface area contributed by atoms with Gasteiger partial charge in [0.2, 0.25) is 0 Å². The molecule has 1 aromatic rings. The van der Waals surface area contributed by atoms with E-state index in [0.29, 0.717) is 43.0 Å². The second kappa shape index (κ2) is 7.07.